The van der Waals surface area contributed by atoms with Crippen LogP contribution in [-0.4, -0.2) is 170 Å². The number of hydrogen-bond donors (Lipinski definition) is 11. The third kappa shape index (κ3) is 8.90. The highest BCUT2D eigenvalue weighted by atomic mass is 16.7. The standard InChI is InChI=1S/C26H40N4O18/c1-6(32)27-11-13(29-8(3)34)25(47-20(16(11)37)22(39)40)45-18-12(28-7(2)33)14(30-9(4)35)26(48-21(18)23(41)42)46-19-15(36)10(5-31)44-24(43)17(19)38/h10-21,24-26,31,36-38,43H,5H2,1-4H3,(H,27,32)(H,28,33)(H,29,34)(H,30,35)(H,39,40)(H,41,42)/t10-,11-,12-,13-,14-,15+,16+,17-,18+,19+,20+,21+,24+,25?,26+/m1/s1. The van der Waals surface area contributed by atoms with Gasteiger partial charge < -0.3 is 80.7 Å². The number of aliphatic carboxylic acids is 2. The quantitative estimate of drug-likeness (QED) is 0.0956. The lowest BCUT2D eigenvalue weighted by Crippen LogP contribution is -2.74. The van der Waals surface area contributed by atoms with Crippen LogP contribution in [0.4, 0.5) is 0 Å². The van der Waals surface area contributed by atoms with Crippen LogP contribution in [0.15, 0.2) is 0 Å². The first-order valence-electron chi connectivity index (χ1n) is 14.5. The molecule has 3 aliphatic rings. The second-order valence-corrected chi connectivity index (χ2v) is 11.4. The number of carbonyl (C=O) groups is 6. The average molecular weight is 697 g/mol. The van der Waals surface area contributed by atoms with Gasteiger partial charge in [-0.2, -0.15) is 0 Å². The van der Waals surface area contributed by atoms with E-state index in [1.807, 2.05) is 0 Å². The molecule has 1 unspecified atom stereocenters. The molecular formula is C26H40N4O18. The summed E-state index contributed by atoms with van der Waals surface area (Å²) in [6.07, 6.45) is -21.3. The molecule has 4 amide bonds. The summed E-state index contributed by atoms with van der Waals surface area (Å²) in [4.78, 5) is 73.6. The second-order valence-electron chi connectivity index (χ2n) is 11.4. The Labute approximate surface area is 271 Å². The molecule has 22 heteroatoms. The number of carboxylic acid groups (broad SMARTS) is 2. The normalized spacial score (nSPS) is 39.8. The third-order valence-corrected chi connectivity index (χ3v) is 7.64. The number of rotatable bonds is 11. The maximum atomic E-state index is 12.6. The molecule has 11 N–H and O–H groups in total. The van der Waals surface area contributed by atoms with Gasteiger partial charge in [0.1, 0.15) is 48.7 Å². The van der Waals surface area contributed by atoms with E-state index in [9.17, 15) is 64.5 Å². The van der Waals surface area contributed by atoms with Gasteiger partial charge in [0.25, 0.3) is 0 Å². The number of aliphatic hydroxyl groups is 5. The minimum atomic E-state index is -2.19. The Hall–Kier alpha value is -3.58. The monoisotopic (exact) mass is 696 g/mol. The lowest BCUT2D eigenvalue weighted by molar-refractivity contribution is -0.342. The van der Waals surface area contributed by atoms with Gasteiger partial charge in [-0.25, -0.2) is 9.59 Å². The molecule has 3 aliphatic heterocycles. The third-order valence-electron chi connectivity index (χ3n) is 7.64. The predicted molar refractivity (Wildman–Crippen MR) is 149 cm³/mol. The molecule has 3 saturated heterocycles. The fourth-order valence-corrected chi connectivity index (χ4v) is 5.68. The van der Waals surface area contributed by atoms with Crippen LogP contribution < -0.4 is 21.3 Å². The zero-order valence-electron chi connectivity index (χ0n) is 26.0. The number of carboxylic acids is 2. The van der Waals surface area contributed by atoms with E-state index in [0.29, 0.717) is 0 Å². The Morgan fingerprint density at radius 3 is 1.44 bits per heavy atom. The van der Waals surface area contributed by atoms with Gasteiger partial charge in [-0.3, -0.25) is 19.2 Å². The zero-order valence-corrected chi connectivity index (χ0v) is 26.0. The SMILES string of the molecule is CC(=O)N[C@@H]1[C@@H](NC(C)=O)[C@@H](O[C@@H]2[C@@H](O)[C@@H](O)O[C@H](CO)[C@@H]2O)O[C@H](C(=O)O)[C@H]1OC1O[C@H](C(=O)O)[C@@H](O)[C@H](NC(C)=O)[C@H]1NC(C)=O. The molecule has 3 rings (SSSR count). The molecular weight excluding hydrogens is 656 g/mol. The fourth-order valence-electron chi connectivity index (χ4n) is 5.68. The Morgan fingerprint density at radius 2 is 0.979 bits per heavy atom. The molecule has 3 fully saturated rings. The first-order chi connectivity index (χ1) is 22.4. The first-order valence-corrected chi connectivity index (χ1v) is 14.5. The van der Waals surface area contributed by atoms with Crippen molar-refractivity contribution in [2.75, 3.05) is 6.61 Å². The maximum absolute atomic E-state index is 12.6. The molecule has 0 aromatic carbocycles. The molecule has 22 nitrogen and oxygen atoms in total. The highest BCUT2D eigenvalue weighted by Crippen LogP contribution is 2.33. The van der Waals surface area contributed by atoms with Crippen molar-refractivity contribution in [1.82, 2.24) is 21.3 Å². The Balaban J connectivity index is 2.11. The van der Waals surface area contributed by atoms with Crippen molar-refractivity contribution in [3.63, 3.8) is 0 Å². The van der Waals surface area contributed by atoms with Crippen LogP contribution in [0, 0.1) is 0 Å². The van der Waals surface area contributed by atoms with Crippen LogP contribution in [0.1, 0.15) is 27.7 Å². The van der Waals surface area contributed by atoms with E-state index in [4.69, 9.17) is 23.7 Å². The molecule has 0 spiro atoms. The Morgan fingerprint density at radius 1 is 0.562 bits per heavy atom. The summed E-state index contributed by atoms with van der Waals surface area (Å²) >= 11 is 0. The van der Waals surface area contributed by atoms with Crippen molar-refractivity contribution in [3.8, 4) is 0 Å². The molecule has 0 aliphatic carbocycles. The van der Waals surface area contributed by atoms with Crippen molar-refractivity contribution < 1.29 is 88.2 Å². The summed E-state index contributed by atoms with van der Waals surface area (Å²) in [6.45, 7) is 3.26. The van der Waals surface area contributed by atoms with E-state index in [-0.39, 0.29) is 0 Å². The van der Waals surface area contributed by atoms with Gasteiger partial charge in [0.15, 0.2) is 31.1 Å². The van der Waals surface area contributed by atoms with E-state index in [1.54, 1.807) is 0 Å². The topological polar surface area (TPSA) is 338 Å². The number of hydrogen-bond acceptors (Lipinski definition) is 16. The first kappa shape index (κ1) is 38.9. The van der Waals surface area contributed by atoms with Crippen molar-refractivity contribution in [1.29, 1.82) is 0 Å². The van der Waals surface area contributed by atoms with Crippen molar-refractivity contribution in [3.05, 3.63) is 0 Å². The summed E-state index contributed by atoms with van der Waals surface area (Å²) < 4.78 is 27.6. The van der Waals surface area contributed by atoms with Crippen LogP contribution in [0.2, 0.25) is 0 Å². The summed E-state index contributed by atoms with van der Waals surface area (Å²) in [5.74, 6) is -6.69. The molecule has 48 heavy (non-hydrogen) atoms. The van der Waals surface area contributed by atoms with Crippen molar-refractivity contribution in [2.24, 2.45) is 0 Å². The summed E-state index contributed by atoms with van der Waals surface area (Å²) in [5, 5.41) is 81.0. The lowest BCUT2D eigenvalue weighted by atomic mass is 9.91. The smallest absolute Gasteiger partial charge is 0.335 e. The van der Waals surface area contributed by atoms with Gasteiger partial charge in [-0.05, 0) is 0 Å². The van der Waals surface area contributed by atoms with Gasteiger partial charge in [-0.15, -0.1) is 0 Å². The Kier molecular flexibility index (Phi) is 13.1. The van der Waals surface area contributed by atoms with Crippen LogP contribution in [0.5, 0.6) is 0 Å². The van der Waals surface area contributed by atoms with Gasteiger partial charge >= 0.3 is 11.9 Å². The van der Waals surface area contributed by atoms with Crippen molar-refractivity contribution in [2.45, 2.75) is 120 Å². The number of carbonyl (C=O) groups excluding carboxylic acids is 4. The summed E-state index contributed by atoms with van der Waals surface area (Å²) in [7, 11) is 0. The minimum Gasteiger partial charge on any atom is -0.479 e. The largest absolute Gasteiger partial charge is 0.479 e. The van der Waals surface area contributed by atoms with E-state index >= 15 is 0 Å². The molecule has 272 valence electrons. The number of nitrogens with one attached hydrogen (secondary N) is 4. The summed E-state index contributed by atoms with van der Waals surface area (Å²) in [5.41, 5.74) is 0. The van der Waals surface area contributed by atoms with E-state index in [0.717, 1.165) is 27.7 Å². The zero-order chi connectivity index (χ0) is 36.2. The molecule has 0 radical (unpaired) electrons. The van der Waals surface area contributed by atoms with E-state index in [2.05, 4.69) is 21.3 Å². The van der Waals surface area contributed by atoms with Crippen LogP contribution >= 0.6 is 0 Å². The van der Waals surface area contributed by atoms with Gasteiger partial charge in [0.2, 0.25) is 23.6 Å². The molecule has 0 aromatic rings. The van der Waals surface area contributed by atoms with Gasteiger partial charge in [0, 0.05) is 27.7 Å². The lowest BCUT2D eigenvalue weighted by Gasteiger charge is -2.50. The van der Waals surface area contributed by atoms with Crippen LogP contribution in [0.3, 0.4) is 0 Å². The number of amides is 4. The van der Waals surface area contributed by atoms with Crippen LogP contribution in [0.25, 0.3) is 0 Å². The molecule has 15 atom stereocenters. The van der Waals surface area contributed by atoms with Gasteiger partial charge in [-0.1, -0.05) is 0 Å². The van der Waals surface area contributed by atoms with E-state index in [1.165, 1.54) is 0 Å². The highest BCUT2D eigenvalue weighted by molar-refractivity contribution is 5.78. The van der Waals surface area contributed by atoms with Crippen LogP contribution in [-0.2, 0) is 52.5 Å². The predicted octanol–water partition coefficient (Wildman–Crippen LogP) is -6.81. The second kappa shape index (κ2) is 16.2. The van der Waals surface area contributed by atoms with E-state index < -0.39 is 134 Å². The summed E-state index contributed by atoms with van der Waals surface area (Å²) in [6, 6.07) is -6.46. The fraction of sp³-hybridized carbons (Fsp3) is 0.769. The molecule has 0 saturated carbocycles. The molecule has 3 heterocycles. The highest BCUT2D eigenvalue weighted by Gasteiger charge is 2.57. The maximum Gasteiger partial charge on any atom is 0.335 e. The van der Waals surface area contributed by atoms with Gasteiger partial charge in [0.05, 0.1) is 18.7 Å². The molecule has 0 bridgehead atoms. The minimum absolute atomic E-state index is 0.767. The number of ether oxygens (including phenoxy) is 5. The number of aliphatic hydroxyl groups excluding tert-OH is 5. The molecule has 0 aromatic heterocycles. The van der Waals surface area contributed by atoms with Crippen molar-refractivity contribution >= 4 is 35.6 Å². The Bertz CT molecular complexity index is 1220. The average Bonchev–Trinajstić information content (AvgIpc) is 2.97.